The lowest BCUT2D eigenvalue weighted by atomic mass is 10.1. The third kappa shape index (κ3) is 8.03. The van der Waals surface area contributed by atoms with Crippen molar-refractivity contribution >= 4 is 40.1 Å². The first-order valence-electron chi connectivity index (χ1n) is 6.02. The molecular weight excluding hydrogens is 290 g/mol. The first-order valence-corrected chi connectivity index (χ1v) is 7.86. The fraction of sp³-hybridized carbons (Fsp3) is 0.200. The van der Waals surface area contributed by atoms with Crippen LogP contribution in [0.2, 0.25) is 0 Å². The molecule has 0 aliphatic rings. The van der Waals surface area contributed by atoms with Gasteiger partial charge in [0.25, 0.3) is 0 Å². The Balaban J connectivity index is 0.000000258. The fourth-order valence-corrected chi connectivity index (χ4v) is 2.42. The van der Waals surface area contributed by atoms with Crippen LogP contribution >= 0.6 is 36.6 Å². The summed E-state index contributed by atoms with van der Waals surface area (Å²) < 4.78 is 0.734. The molecule has 19 heavy (non-hydrogen) atoms. The van der Waals surface area contributed by atoms with E-state index in [1.165, 1.54) is 5.56 Å². The average molecular weight is 308 g/mol. The van der Waals surface area contributed by atoms with Crippen molar-refractivity contribution in [1.82, 2.24) is 4.98 Å². The van der Waals surface area contributed by atoms with E-state index in [4.69, 9.17) is 0 Å². The quantitative estimate of drug-likeness (QED) is 0.656. The van der Waals surface area contributed by atoms with Gasteiger partial charge >= 0.3 is 0 Å². The SMILES string of the molecule is CCSC(=S)S.c1ccc(Cc2ccccn2)cc1. The van der Waals surface area contributed by atoms with Crippen molar-refractivity contribution in [3.63, 3.8) is 0 Å². The van der Waals surface area contributed by atoms with E-state index in [-0.39, 0.29) is 0 Å². The van der Waals surface area contributed by atoms with Crippen LogP contribution in [0.25, 0.3) is 0 Å². The largest absolute Gasteiger partial charge is 0.261 e. The highest BCUT2D eigenvalue weighted by Gasteiger charge is 1.94. The minimum absolute atomic E-state index is 0.734. The van der Waals surface area contributed by atoms with Crippen molar-refractivity contribution in [2.24, 2.45) is 0 Å². The molecule has 0 aliphatic heterocycles. The number of thiol groups is 1. The van der Waals surface area contributed by atoms with Gasteiger partial charge in [-0.2, -0.15) is 0 Å². The highest BCUT2D eigenvalue weighted by Crippen LogP contribution is 2.05. The van der Waals surface area contributed by atoms with Gasteiger partial charge in [-0.25, -0.2) is 0 Å². The Hall–Kier alpha value is -0.840. The van der Waals surface area contributed by atoms with Gasteiger partial charge in [0, 0.05) is 18.3 Å². The highest BCUT2D eigenvalue weighted by atomic mass is 32.2. The molecule has 0 spiro atoms. The van der Waals surface area contributed by atoms with Gasteiger partial charge in [-0.15, -0.1) is 24.4 Å². The zero-order valence-electron chi connectivity index (χ0n) is 10.8. The number of aromatic nitrogens is 1. The van der Waals surface area contributed by atoms with E-state index < -0.39 is 0 Å². The molecular formula is C15H17NS3. The Bertz CT molecular complexity index is 434. The molecule has 1 aromatic carbocycles. The summed E-state index contributed by atoms with van der Waals surface area (Å²) in [5.74, 6) is 1.03. The molecule has 2 rings (SSSR count). The standard InChI is InChI=1S/C12H11N.C3H6S3/c1-2-6-11(7-3-1)10-12-8-4-5-9-13-12;1-2-6-3(4)5/h1-9H,10H2;2H2,1H3,(H,4,5). The van der Waals surface area contributed by atoms with Gasteiger partial charge in [0.2, 0.25) is 0 Å². The van der Waals surface area contributed by atoms with Crippen molar-refractivity contribution in [3.8, 4) is 0 Å². The monoisotopic (exact) mass is 307 g/mol. The minimum Gasteiger partial charge on any atom is -0.261 e. The first-order chi connectivity index (χ1) is 9.22. The molecule has 0 radical (unpaired) electrons. The van der Waals surface area contributed by atoms with Crippen LogP contribution in [-0.2, 0) is 6.42 Å². The summed E-state index contributed by atoms with van der Waals surface area (Å²) in [6, 6.07) is 16.4. The summed E-state index contributed by atoms with van der Waals surface area (Å²) in [6.07, 6.45) is 2.75. The molecule has 0 fully saturated rings. The van der Waals surface area contributed by atoms with Gasteiger partial charge in [-0.05, 0) is 23.4 Å². The topological polar surface area (TPSA) is 12.9 Å². The molecule has 1 aromatic heterocycles. The Kier molecular flexibility index (Phi) is 8.54. The molecule has 0 aliphatic carbocycles. The maximum atomic E-state index is 4.62. The van der Waals surface area contributed by atoms with Crippen LogP contribution in [-0.4, -0.2) is 14.3 Å². The molecule has 2 aromatic rings. The number of thioether (sulfide) groups is 1. The smallest absolute Gasteiger partial charge is 0.101 e. The van der Waals surface area contributed by atoms with Gasteiger partial charge in [-0.3, -0.25) is 4.98 Å². The maximum absolute atomic E-state index is 4.62. The Labute approximate surface area is 130 Å². The molecule has 0 atom stereocenters. The molecule has 0 saturated carbocycles. The van der Waals surface area contributed by atoms with E-state index in [1.807, 2.05) is 37.4 Å². The third-order valence-electron chi connectivity index (χ3n) is 2.22. The zero-order chi connectivity index (χ0) is 13.9. The van der Waals surface area contributed by atoms with Crippen molar-refractivity contribution in [3.05, 3.63) is 66.0 Å². The maximum Gasteiger partial charge on any atom is 0.101 e. The van der Waals surface area contributed by atoms with Crippen molar-refractivity contribution < 1.29 is 0 Å². The lowest BCUT2D eigenvalue weighted by molar-refractivity contribution is 1.07. The molecule has 0 amide bonds. The Morgan fingerprint density at radius 1 is 1.16 bits per heavy atom. The molecule has 0 bridgehead atoms. The molecule has 1 nitrogen and oxygen atoms in total. The van der Waals surface area contributed by atoms with Gasteiger partial charge in [0.15, 0.2) is 0 Å². The second-order valence-electron chi connectivity index (χ2n) is 3.68. The van der Waals surface area contributed by atoms with E-state index >= 15 is 0 Å². The molecule has 4 heteroatoms. The first kappa shape index (κ1) is 16.2. The summed E-state index contributed by atoms with van der Waals surface area (Å²) in [4.78, 5) is 4.27. The minimum atomic E-state index is 0.734. The van der Waals surface area contributed by atoms with Gasteiger partial charge in [-0.1, -0.05) is 55.5 Å². The molecule has 0 saturated heterocycles. The van der Waals surface area contributed by atoms with Gasteiger partial charge in [0.1, 0.15) is 3.53 Å². The van der Waals surface area contributed by atoms with E-state index in [9.17, 15) is 0 Å². The third-order valence-corrected chi connectivity index (χ3v) is 3.50. The molecule has 0 unspecified atom stereocenters. The summed E-state index contributed by atoms with van der Waals surface area (Å²) in [6.45, 7) is 2.05. The van der Waals surface area contributed by atoms with Crippen molar-refractivity contribution in [2.45, 2.75) is 13.3 Å². The van der Waals surface area contributed by atoms with Crippen LogP contribution in [0.5, 0.6) is 0 Å². The average Bonchev–Trinajstić information content (AvgIpc) is 2.41. The normalized spacial score (nSPS) is 9.37. The fourth-order valence-electron chi connectivity index (χ4n) is 1.43. The van der Waals surface area contributed by atoms with Crippen LogP contribution in [0.1, 0.15) is 18.2 Å². The molecule has 1 heterocycles. The summed E-state index contributed by atoms with van der Waals surface area (Å²) in [5.41, 5.74) is 2.43. The van der Waals surface area contributed by atoms with E-state index in [0.717, 1.165) is 21.4 Å². The summed E-state index contributed by atoms with van der Waals surface area (Å²) in [7, 11) is 0. The summed E-state index contributed by atoms with van der Waals surface area (Å²) in [5, 5.41) is 0. The van der Waals surface area contributed by atoms with Crippen LogP contribution in [0.4, 0.5) is 0 Å². The predicted octanol–water partition coefficient (Wildman–Crippen LogP) is 4.63. The lowest BCUT2D eigenvalue weighted by Gasteiger charge is -1.99. The second-order valence-corrected chi connectivity index (χ2v) is 6.68. The van der Waals surface area contributed by atoms with E-state index in [1.54, 1.807) is 11.8 Å². The number of rotatable bonds is 3. The molecule has 100 valence electrons. The Morgan fingerprint density at radius 2 is 1.84 bits per heavy atom. The van der Waals surface area contributed by atoms with Gasteiger partial charge < -0.3 is 0 Å². The second kappa shape index (κ2) is 10.0. The highest BCUT2D eigenvalue weighted by molar-refractivity contribution is 8.41. The number of pyridine rings is 1. The van der Waals surface area contributed by atoms with Crippen LogP contribution in [0.15, 0.2) is 54.7 Å². The van der Waals surface area contributed by atoms with Crippen LogP contribution in [0.3, 0.4) is 0 Å². The van der Waals surface area contributed by atoms with Crippen molar-refractivity contribution in [2.75, 3.05) is 5.75 Å². The molecule has 0 N–H and O–H groups in total. The van der Waals surface area contributed by atoms with Crippen molar-refractivity contribution in [1.29, 1.82) is 0 Å². The summed E-state index contributed by atoms with van der Waals surface area (Å²) >= 11 is 10.1. The number of hydrogen-bond acceptors (Lipinski definition) is 3. The zero-order valence-corrected chi connectivity index (χ0v) is 13.3. The lowest BCUT2D eigenvalue weighted by Crippen LogP contribution is -1.89. The predicted molar refractivity (Wildman–Crippen MR) is 93.2 cm³/mol. The Morgan fingerprint density at radius 3 is 2.32 bits per heavy atom. The number of benzene rings is 1. The van der Waals surface area contributed by atoms with E-state index in [0.29, 0.717) is 0 Å². The van der Waals surface area contributed by atoms with Gasteiger partial charge in [0.05, 0.1) is 0 Å². The number of nitrogens with zero attached hydrogens (tertiary/aromatic N) is 1. The van der Waals surface area contributed by atoms with Crippen LogP contribution < -0.4 is 0 Å². The number of thiocarbonyl (C=S) groups is 1. The van der Waals surface area contributed by atoms with Crippen LogP contribution in [0, 0.1) is 0 Å². The number of hydrogen-bond donors (Lipinski definition) is 1. The van der Waals surface area contributed by atoms with E-state index in [2.05, 4.69) is 54.1 Å².